The van der Waals surface area contributed by atoms with Crippen LogP contribution in [0.4, 0.5) is 0 Å². The molecule has 2 heteroatoms. The van der Waals surface area contributed by atoms with Gasteiger partial charge in [-0.1, -0.05) is 38.2 Å². The van der Waals surface area contributed by atoms with E-state index in [1.807, 2.05) is 30.4 Å². The van der Waals surface area contributed by atoms with Gasteiger partial charge in [-0.05, 0) is 19.4 Å². The molecule has 0 amide bonds. The number of allylic oxidation sites excluding steroid dienone is 3. The van der Waals surface area contributed by atoms with Crippen molar-refractivity contribution in [2.75, 3.05) is 0 Å². The smallest absolute Gasteiger partial charge is 0.0835 e. The second-order valence-electron chi connectivity index (χ2n) is 4.75. The number of rotatable bonds is 0. The molecule has 1 atom stereocenters. The molecule has 2 nitrogen and oxygen atoms in total. The Hall–Kier alpha value is -1.02. The summed E-state index contributed by atoms with van der Waals surface area (Å²) in [5, 5.41) is 9.94. The molecule has 0 saturated heterocycles. The Morgan fingerprint density at radius 2 is 1.86 bits per heavy atom. The zero-order valence-corrected chi connectivity index (χ0v) is 9.12. The first-order valence-electron chi connectivity index (χ1n) is 4.88. The summed E-state index contributed by atoms with van der Waals surface area (Å²) in [5.41, 5.74) is 5.60. The molecule has 0 heterocycles. The summed E-state index contributed by atoms with van der Waals surface area (Å²) in [4.78, 5) is 0. The van der Waals surface area contributed by atoms with Crippen molar-refractivity contribution in [3.63, 3.8) is 0 Å². The third-order valence-corrected chi connectivity index (χ3v) is 2.33. The monoisotopic (exact) mass is 193 g/mol. The average Bonchev–Trinajstić information content (AvgIpc) is 2.12. The largest absolute Gasteiger partial charge is 0.399 e. The van der Waals surface area contributed by atoms with Crippen molar-refractivity contribution in [2.45, 2.75) is 32.8 Å². The van der Waals surface area contributed by atoms with Crippen LogP contribution in [-0.2, 0) is 0 Å². The van der Waals surface area contributed by atoms with Gasteiger partial charge in [0.25, 0.3) is 0 Å². The lowest BCUT2D eigenvalue weighted by Gasteiger charge is -2.19. The SMILES string of the molecule is CC1(C)/C=C\C(N)=CCC(C)(O)/C=C\1. The summed E-state index contributed by atoms with van der Waals surface area (Å²) in [5.74, 6) is 0. The molecule has 14 heavy (non-hydrogen) atoms. The van der Waals surface area contributed by atoms with E-state index in [2.05, 4.69) is 13.8 Å². The van der Waals surface area contributed by atoms with Crippen LogP contribution in [0.2, 0.25) is 0 Å². The van der Waals surface area contributed by atoms with E-state index in [0.29, 0.717) is 12.1 Å². The number of hydrogen-bond donors (Lipinski definition) is 2. The van der Waals surface area contributed by atoms with Gasteiger partial charge >= 0.3 is 0 Å². The summed E-state index contributed by atoms with van der Waals surface area (Å²) >= 11 is 0. The first-order chi connectivity index (χ1) is 6.31. The van der Waals surface area contributed by atoms with Crippen LogP contribution >= 0.6 is 0 Å². The summed E-state index contributed by atoms with van der Waals surface area (Å²) in [6.07, 6.45) is 10.2. The predicted octanol–water partition coefficient (Wildman–Crippen LogP) is 2.12. The fourth-order valence-corrected chi connectivity index (χ4v) is 1.22. The molecule has 1 aliphatic carbocycles. The van der Waals surface area contributed by atoms with Crippen molar-refractivity contribution >= 4 is 0 Å². The topological polar surface area (TPSA) is 46.2 Å². The van der Waals surface area contributed by atoms with Crippen LogP contribution in [0.15, 0.2) is 36.1 Å². The van der Waals surface area contributed by atoms with Crippen molar-refractivity contribution < 1.29 is 5.11 Å². The molecule has 1 unspecified atom stereocenters. The molecule has 3 N–H and O–H groups in total. The Bertz CT molecular complexity index is 295. The number of aliphatic hydroxyl groups is 1. The third-order valence-electron chi connectivity index (χ3n) is 2.33. The van der Waals surface area contributed by atoms with Crippen LogP contribution in [0.25, 0.3) is 0 Å². The van der Waals surface area contributed by atoms with Gasteiger partial charge in [0.05, 0.1) is 5.60 Å². The second kappa shape index (κ2) is 3.62. The lowest BCUT2D eigenvalue weighted by Crippen LogP contribution is -2.20. The van der Waals surface area contributed by atoms with E-state index in [-0.39, 0.29) is 5.41 Å². The first kappa shape index (κ1) is 11.1. The van der Waals surface area contributed by atoms with Crippen LogP contribution in [0.3, 0.4) is 0 Å². The van der Waals surface area contributed by atoms with Gasteiger partial charge in [-0.25, -0.2) is 0 Å². The van der Waals surface area contributed by atoms with Crippen LogP contribution in [0.1, 0.15) is 27.2 Å². The van der Waals surface area contributed by atoms with E-state index >= 15 is 0 Å². The zero-order chi connectivity index (χ0) is 10.8. The number of nitrogens with two attached hydrogens (primary N) is 1. The molecule has 0 aromatic heterocycles. The summed E-state index contributed by atoms with van der Waals surface area (Å²) < 4.78 is 0. The highest BCUT2D eigenvalue weighted by atomic mass is 16.3. The molecule has 0 spiro atoms. The van der Waals surface area contributed by atoms with Gasteiger partial charge in [-0.3, -0.25) is 0 Å². The zero-order valence-electron chi connectivity index (χ0n) is 9.12. The van der Waals surface area contributed by atoms with Gasteiger partial charge in [0.2, 0.25) is 0 Å². The van der Waals surface area contributed by atoms with Gasteiger partial charge in [0.1, 0.15) is 0 Å². The molecule has 1 aliphatic rings. The van der Waals surface area contributed by atoms with Crippen LogP contribution in [0, 0.1) is 5.41 Å². The van der Waals surface area contributed by atoms with E-state index in [0.717, 1.165) is 0 Å². The Morgan fingerprint density at radius 1 is 1.21 bits per heavy atom. The minimum atomic E-state index is -0.798. The highest BCUT2D eigenvalue weighted by Crippen LogP contribution is 2.24. The van der Waals surface area contributed by atoms with Crippen molar-refractivity contribution in [3.8, 4) is 0 Å². The predicted molar refractivity (Wildman–Crippen MR) is 59.6 cm³/mol. The minimum absolute atomic E-state index is 0.0627. The highest BCUT2D eigenvalue weighted by Gasteiger charge is 2.18. The first-order valence-corrected chi connectivity index (χ1v) is 4.88. The molecule has 0 bridgehead atoms. The molecule has 0 fully saturated rings. The molecule has 0 radical (unpaired) electrons. The Kier molecular flexibility index (Phi) is 2.86. The lowest BCUT2D eigenvalue weighted by atomic mass is 9.90. The molecule has 0 aromatic rings. The van der Waals surface area contributed by atoms with Crippen molar-refractivity contribution in [1.82, 2.24) is 0 Å². The maximum atomic E-state index is 9.94. The van der Waals surface area contributed by atoms with E-state index in [9.17, 15) is 5.11 Å². The van der Waals surface area contributed by atoms with Crippen LogP contribution in [-0.4, -0.2) is 10.7 Å². The standard InChI is InChI=1S/C12H19NO/c1-11(2)6-4-10(13)5-7-12(3,14)9-8-11/h4-6,8-9,14H,7,13H2,1-3H3/b6-4-,9-8-,10-5?. The van der Waals surface area contributed by atoms with Crippen LogP contribution in [0.5, 0.6) is 0 Å². The minimum Gasteiger partial charge on any atom is -0.399 e. The van der Waals surface area contributed by atoms with Crippen molar-refractivity contribution in [1.29, 1.82) is 0 Å². The number of hydrogen-bond acceptors (Lipinski definition) is 2. The van der Waals surface area contributed by atoms with Crippen molar-refractivity contribution in [2.24, 2.45) is 11.1 Å². The second-order valence-corrected chi connectivity index (χ2v) is 4.75. The van der Waals surface area contributed by atoms with Gasteiger partial charge < -0.3 is 10.8 Å². The summed E-state index contributed by atoms with van der Waals surface area (Å²) in [6.45, 7) is 5.94. The molecule has 0 saturated carbocycles. The highest BCUT2D eigenvalue weighted by molar-refractivity contribution is 5.23. The Morgan fingerprint density at radius 3 is 2.50 bits per heavy atom. The van der Waals surface area contributed by atoms with Crippen molar-refractivity contribution in [3.05, 3.63) is 36.1 Å². The van der Waals surface area contributed by atoms with E-state index in [1.165, 1.54) is 0 Å². The molecule has 1 rings (SSSR count). The van der Waals surface area contributed by atoms with Crippen LogP contribution < -0.4 is 5.73 Å². The van der Waals surface area contributed by atoms with Gasteiger partial charge in [0, 0.05) is 11.1 Å². The molecule has 78 valence electrons. The van der Waals surface area contributed by atoms with Gasteiger partial charge in [-0.2, -0.15) is 0 Å². The molecule has 0 aliphatic heterocycles. The summed E-state index contributed by atoms with van der Waals surface area (Å²) in [7, 11) is 0. The summed E-state index contributed by atoms with van der Waals surface area (Å²) in [6, 6.07) is 0. The molecular weight excluding hydrogens is 174 g/mol. The van der Waals surface area contributed by atoms with E-state index in [4.69, 9.17) is 5.73 Å². The van der Waals surface area contributed by atoms with Gasteiger partial charge in [-0.15, -0.1) is 0 Å². The lowest BCUT2D eigenvalue weighted by molar-refractivity contribution is 0.114. The fourth-order valence-electron chi connectivity index (χ4n) is 1.22. The normalized spacial score (nSPS) is 36.1. The molecule has 0 aromatic carbocycles. The van der Waals surface area contributed by atoms with E-state index < -0.39 is 5.60 Å². The third kappa shape index (κ3) is 3.38. The fraction of sp³-hybridized carbons (Fsp3) is 0.500. The Balaban J connectivity index is 3.02. The Labute approximate surface area is 85.8 Å². The maximum Gasteiger partial charge on any atom is 0.0835 e. The van der Waals surface area contributed by atoms with Gasteiger partial charge in [0.15, 0.2) is 0 Å². The average molecular weight is 193 g/mol. The molecular formula is C12H19NO. The maximum absolute atomic E-state index is 9.94. The van der Waals surface area contributed by atoms with E-state index in [1.54, 1.807) is 6.92 Å². The quantitative estimate of drug-likeness (QED) is 0.579.